The highest BCUT2D eigenvalue weighted by molar-refractivity contribution is 5.83. The van der Waals surface area contributed by atoms with Gasteiger partial charge in [0.1, 0.15) is 0 Å². The van der Waals surface area contributed by atoms with Crippen molar-refractivity contribution < 1.29 is 9.32 Å². The summed E-state index contributed by atoms with van der Waals surface area (Å²) in [6.07, 6.45) is 5.85. The Morgan fingerprint density at radius 2 is 2.32 bits per heavy atom. The van der Waals surface area contributed by atoms with Crippen molar-refractivity contribution in [3.05, 3.63) is 12.2 Å². The van der Waals surface area contributed by atoms with Crippen molar-refractivity contribution in [2.24, 2.45) is 17.1 Å². The number of rotatable bonds is 5. The molecule has 0 bridgehead atoms. The first kappa shape index (κ1) is 14.0. The number of nitrogens with zero attached hydrogens (tertiary/aromatic N) is 2. The summed E-state index contributed by atoms with van der Waals surface area (Å²) in [7, 11) is 0. The number of nitrogens with two attached hydrogens (primary N) is 1. The fourth-order valence-electron chi connectivity index (χ4n) is 2.62. The highest BCUT2D eigenvalue weighted by Crippen LogP contribution is 2.38. The van der Waals surface area contributed by atoms with Gasteiger partial charge in [0, 0.05) is 19.5 Å². The van der Waals surface area contributed by atoms with Crippen molar-refractivity contribution in [2.45, 2.75) is 39.0 Å². The van der Waals surface area contributed by atoms with Gasteiger partial charge in [0.15, 0.2) is 6.33 Å². The monoisotopic (exact) mass is 266 g/mol. The molecule has 3 N–H and O–H groups in total. The zero-order valence-corrected chi connectivity index (χ0v) is 11.4. The average molecular weight is 266 g/mol. The molecule has 106 valence electrons. The maximum Gasteiger partial charge on any atom is 0.228 e. The summed E-state index contributed by atoms with van der Waals surface area (Å²) < 4.78 is 4.89. The predicted molar refractivity (Wildman–Crippen MR) is 70.1 cm³/mol. The van der Waals surface area contributed by atoms with Crippen molar-refractivity contribution in [3.8, 4) is 0 Å². The second kappa shape index (κ2) is 6.14. The Labute approximate surface area is 113 Å². The van der Waals surface area contributed by atoms with Crippen LogP contribution in [-0.4, -0.2) is 29.1 Å². The summed E-state index contributed by atoms with van der Waals surface area (Å²) in [6, 6.07) is 0. The molecule has 2 rings (SSSR count). The van der Waals surface area contributed by atoms with Crippen LogP contribution in [0, 0.1) is 11.3 Å². The molecular formula is C13H22N4O2. The summed E-state index contributed by atoms with van der Waals surface area (Å²) in [4.78, 5) is 16.2. The molecular weight excluding hydrogens is 244 g/mol. The minimum atomic E-state index is -0.374. The van der Waals surface area contributed by atoms with E-state index in [1.807, 2.05) is 0 Å². The topological polar surface area (TPSA) is 94.0 Å². The number of hydrogen-bond acceptors (Lipinski definition) is 5. The van der Waals surface area contributed by atoms with Gasteiger partial charge in [-0.25, -0.2) is 0 Å². The van der Waals surface area contributed by atoms with Gasteiger partial charge in [0.2, 0.25) is 11.8 Å². The molecule has 0 saturated heterocycles. The number of amides is 1. The summed E-state index contributed by atoms with van der Waals surface area (Å²) in [5, 5.41) is 6.48. The lowest BCUT2D eigenvalue weighted by Crippen LogP contribution is -2.48. The molecule has 6 nitrogen and oxygen atoms in total. The normalized spacial score (nSPS) is 27.2. The standard InChI is InChI=1S/C13H22N4O2/c1-10-2-5-13(8-14,6-3-10)12(18)15-7-4-11-16-9-17-19-11/h9-10H,2-8,14H2,1H3,(H,15,18). The van der Waals surface area contributed by atoms with Crippen LogP contribution in [-0.2, 0) is 11.2 Å². The average Bonchev–Trinajstić information content (AvgIpc) is 2.93. The molecule has 1 saturated carbocycles. The highest BCUT2D eigenvalue weighted by Gasteiger charge is 2.39. The summed E-state index contributed by atoms with van der Waals surface area (Å²) >= 11 is 0. The fraction of sp³-hybridized carbons (Fsp3) is 0.769. The largest absolute Gasteiger partial charge is 0.355 e. The van der Waals surface area contributed by atoms with E-state index in [2.05, 4.69) is 22.4 Å². The molecule has 1 aliphatic rings. The summed E-state index contributed by atoms with van der Waals surface area (Å²) in [5.41, 5.74) is 5.48. The Bertz CT molecular complexity index is 397. The second-order valence-corrected chi connectivity index (χ2v) is 5.51. The molecule has 0 spiro atoms. The molecule has 1 aliphatic carbocycles. The van der Waals surface area contributed by atoms with Gasteiger partial charge in [0.05, 0.1) is 5.41 Å². The van der Waals surface area contributed by atoms with Crippen molar-refractivity contribution in [2.75, 3.05) is 13.1 Å². The number of carbonyl (C=O) groups is 1. The van der Waals surface area contributed by atoms with Crippen molar-refractivity contribution >= 4 is 5.91 Å². The molecule has 0 atom stereocenters. The van der Waals surface area contributed by atoms with Crippen molar-refractivity contribution in [1.29, 1.82) is 0 Å². The summed E-state index contributed by atoms with van der Waals surface area (Å²) in [6.45, 7) is 3.17. The van der Waals surface area contributed by atoms with Crippen LogP contribution in [0.3, 0.4) is 0 Å². The van der Waals surface area contributed by atoms with E-state index in [9.17, 15) is 4.79 Å². The number of hydrogen-bond donors (Lipinski definition) is 2. The van der Waals surface area contributed by atoms with Gasteiger partial charge in [-0.1, -0.05) is 12.1 Å². The van der Waals surface area contributed by atoms with Crippen LogP contribution in [0.25, 0.3) is 0 Å². The molecule has 6 heteroatoms. The molecule has 0 unspecified atom stereocenters. The third kappa shape index (κ3) is 3.32. The van der Waals surface area contributed by atoms with E-state index in [0.717, 1.165) is 25.7 Å². The molecule has 0 aromatic carbocycles. The Kier molecular flexibility index (Phi) is 4.52. The van der Waals surface area contributed by atoms with Gasteiger partial charge in [-0.2, -0.15) is 4.98 Å². The maximum atomic E-state index is 12.3. The first-order valence-corrected chi connectivity index (χ1v) is 6.90. The van der Waals surface area contributed by atoms with Gasteiger partial charge < -0.3 is 15.6 Å². The molecule has 0 aliphatic heterocycles. The van der Waals surface area contributed by atoms with E-state index in [1.165, 1.54) is 6.33 Å². The molecule has 1 heterocycles. The van der Waals surface area contributed by atoms with Crippen LogP contribution in [0.1, 0.15) is 38.5 Å². The Balaban J connectivity index is 1.83. The minimum Gasteiger partial charge on any atom is -0.355 e. The van der Waals surface area contributed by atoms with E-state index < -0.39 is 0 Å². The van der Waals surface area contributed by atoms with Gasteiger partial charge in [-0.15, -0.1) is 0 Å². The minimum absolute atomic E-state index is 0.0708. The second-order valence-electron chi connectivity index (χ2n) is 5.51. The van der Waals surface area contributed by atoms with Crippen LogP contribution in [0.5, 0.6) is 0 Å². The third-order valence-electron chi connectivity index (χ3n) is 4.14. The Morgan fingerprint density at radius 3 is 2.89 bits per heavy atom. The molecule has 0 radical (unpaired) electrons. The number of aromatic nitrogens is 2. The van der Waals surface area contributed by atoms with Crippen molar-refractivity contribution in [3.63, 3.8) is 0 Å². The van der Waals surface area contributed by atoms with Gasteiger partial charge in [-0.3, -0.25) is 4.79 Å². The fourth-order valence-corrected chi connectivity index (χ4v) is 2.62. The lowest BCUT2D eigenvalue weighted by molar-refractivity contribution is -0.132. The van der Waals surface area contributed by atoms with Crippen LogP contribution in [0.4, 0.5) is 0 Å². The Hall–Kier alpha value is -1.43. The van der Waals surface area contributed by atoms with Crippen LogP contribution in [0.15, 0.2) is 10.9 Å². The third-order valence-corrected chi connectivity index (χ3v) is 4.14. The lowest BCUT2D eigenvalue weighted by Gasteiger charge is -2.37. The first-order chi connectivity index (χ1) is 9.16. The quantitative estimate of drug-likeness (QED) is 0.825. The van der Waals surface area contributed by atoms with Crippen LogP contribution in [0.2, 0.25) is 0 Å². The number of carbonyl (C=O) groups excluding carboxylic acids is 1. The van der Waals surface area contributed by atoms with E-state index in [1.54, 1.807) is 0 Å². The smallest absolute Gasteiger partial charge is 0.228 e. The summed E-state index contributed by atoms with van der Waals surface area (Å²) in [5.74, 6) is 1.31. The van der Waals surface area contributed by atoms with E-state index >= 15 is 0 Å². The molecule has 1 fully saturated rings. The van der Waals surface area contributed by atoms with Crippen LogP contribution < -0.4 is 11.1 Å². The number of nitrogens with one attached hydrogen (secondary N) is 1. The molecule has 19 heavy (non-hydrogen) atoms. The molecule has 1 amide bonds. The SMILES string of the molecule is CC1CCC(CN)(C(=O)NCCc2ncno2)CC1. The highest BCUT2D eigenvalue weighted by atomic mass is 16.5. The molecule has 1 aromatic rings. The van der Waals surface area contributed by atoms with Crippen molar-refractivity contribution in [1.82, 2.24) is 15.5 Å². The predicted octanol–water partition coefficient (Wildman–Crippen LogP) is 0.884. The van der Waals surface area contributed by atoms with E-state index in [0.29, 0.717) is 31.3 Å². The Morgan fingerprint density at radius 1 is 1.58 bits per heavy atom. The van der Waals surface area contributed by atoms with E-state index in [-0.39, 0.29) is 11.3 Å². The zero-order chi connectivity index (χ0) is 13.7. The van der Waals surface area contributed by atoms with E-state index in [4.69, 9.17) is 10.3 Å². The lowest BCUT2D eigenvalue weighted by atomic mass is 9.70. The van der Waals surface area contributed by atoms with Gasteiger partial charge in [0.25, 0.3) is 0 Å². The zero-order valence-electron chi connectivity index (χ0n) is 11.4. The van der Waals surface area contributed by atoms with Crippen LogP contribution >= 0.6 is 0 Å². The van der Waals surface area contributed by atoms with Gasteiger partial charge in [-0.05, 0) is 31.6 Å². The molecule has 1 aromatic heterocycles. The van der Waals surface area contributed by atoms with Gasteiger partial charge >= 0.3 is 0 Å². The first-order valence-electron chi connectivity index (χ1n) is 6.90. The maximum absolute atomic E-state index is 12.3.